The molecule has 3 rings (SSSR count). The topological polar surface area (TPSA) is 126 Å². The van der Waals surface area contributed by atoms with E-state index < -0.39 is 31.4 Å². The number of ether oxygens (including phenoxy) is 1. The number of fused-ring (bicyclic) bond motifs is 1. The van der Waals surface area contributed by atoms with Crippen molar-refractivity contribution >= 4 is 30.2 Å². The number of hydrogen-bond donors (Lipinski definition) is 4. The van der Waals surface area contributed by atoms with E-state index in [0.29, 0.717) is 35.8 Å². The number of imidazole rings is 1. The van der Waals surface area contributed by atoms with Crippen molar-refractivity contribution in [3.8, 4) is 0 Å². The number of nitrogens with zero attached hydrogens (tertiary/aromatic N) is 4. The predicted octanol–water partition coefficient (Wildman–Crippen LogP) is 1.20. The lowest BCUT2D eigenvalue weighted by Gasteiger charge is -2.18. The van der Waals surface area contributed by atoms with Crippen LogP contribution in [0, 0.1) is 6.92 Å². The maximum atomic E-state index is 10.6. The fraction of sp³-hybridized carbons (Fsp3) is 0.600. The van der Waals surface area contributed by atoms with Gasteiger partial charge in [-0.3, -0.25) is 4.57 Å². The second kappa shape index (κ2) is 9.16. The third kappa shape index (κ3) is 5.10. The van der Waals surface area contributed by atoms with Gasteiger partial charge in [-0.2, -0.15) is 0 Å². The van der Waals surface area contributed by atoms with Gasteiger partial charge in [-0.1, -0.05) is 11.6 Å². The molecule has 1 unspecified atom stereocenters. The minimum atomic E-state index is -1.26. The number of aromatic nitrogens is 4. The Morgan fingerprint density at radius 2 is 2.07 bits per heavy atom. The van der Waals surface area contributed by atoms with Crippen molar-refractivity contribution in [3.05, 3.63) is 23.8 Å². The number of nitrogens with one attached hydrogen (secondary N) is 1. The summed E-state index contributed by atoms with van der Waals surface area (Å²) in [4.78, 5) is 13.3. The van der Waals surface area contributed by atoms with Crippen LogP contribution in [0.5, 0.6) is 0 Å². The van der Waals surface area contributed by atoms with E-state index in [-0.39, 0.29) is 6.61 Å². The minimum absolute atomic E-state index is 0.00217. The van der Waals surface area contributed by atoms with Crippen molar-refractivity contribution < 1.29 is 20.1 Å². The lowest BCUT2D eigenvalue weighted by Crippen LogP contribution is -2.31. The van der Waals surface area contributed by atoms with Crippen LogP contribution < -0.4 is 5.32 Å². The molecular formula is C20H32N5O4P. The number of anilines is 1. The van der Waals surface area contributed by atoms with Crippen molar-refractivity contribution in [1.82, 2.24) is 19.5 Å². The van der Waals surface area contributed by atoms with E-state index in [0.717, 1.165) is 11.7 Å². The molecule has 10 heteroatoms. The average Bonchev–Trinajstić information content (AvgIpc) is 3.21. The Morgan fingerprint density at radius 1 is 1.33 bits per heavy atom. The van der Waals surface area contributed by atoms with E-state index in [9.17, 15) is 10.2 Å². The predicted molar refractivity (Wildman–Crippen MR) is 121 cm³/mol. The molecule has 166 valence electrons. The summed E-state index contributed by atoms with van der Waals surface area (Å²) in [7, 11) is 0. The van der Waals surface area contributed by atoms with E-state index >= 15 is 0 Å². The molecule has 3 heterocycles. The Balaban J connectivity index is 1.85. The van der Waals surface area contributed by atoms with Crippen LogP contribution in [0.25, 0.3) is 11.2 Å². The van der Waals surface area contributed by atoms with Gasteiger partial charge in [0.2, 0.25) is 0 Å². The Labute approximate surface area is 176 Å². The molecule has 0 saturated carbocycles. The van der Waals surface area contributed by atoms with E-state index in [1.807, 2.05) is 13.0 Å². The number of rotatable bonds is 8. The van der Waals surface area contributed by atoms with Gasteiger partial charge >= 0.3 is 0 Å². The molecule has 1 fully saturated rings. The quantitative estimate of drug-likeness (QED) is 0.359. The summed E-state index contributed by atoms with van der Waals surface area (Å²) in [5.74, 6) is 1.11. The molecule has 30 heavy (non-hydrogen) atoms. The second-order valence-corrected chi connectivity index (χ2v) is 12.8. The fourth-order valence-corrected chi connectivity index (χ4v) is 4.35. The van der Waals surface area contributed by atoms with Gasteiger partial charge in [-0.25, -0.2) is 15.0 Å². The van der Waals surface area contributed by atoms with Crippen LogP contribution in [-0.4, -0.2) is 92.1 Å². The highest BCUT2D eigenvalue weighted by molar-refractivity contribution is 7.72. The SMILES string of the molecule is C=P(C)(C)CC[C@H]1OC(n2cnc3c(NC/C=C(/C)CO)nc(C)nc32)[C@H](O)[C@@H]1O. The average molecular weight is 437 g/mol. The van der Waals surface area contributed by atoms with E-state index in [4.69, 9.17) is 9.84 Å². The summed E-state index contributed by atoms with van der Waals surface area (Å²) in [5, 5.41) is 33.5. The van der Waals surface area contributed by atoms with Crippen LogP contribution in [0.4, 0.5) is 5.82 Å². The molecule has 0 aromatic carbocycles. The van der Waals surface area contributed by atoms with Crippen LogP contribution in [0.3, 0.4) is 0 Å². The first-order valence-corrected chi connectivity index (χ1v) is 13.1. The lowest BCUT2D eigenvalue weighted by molar-refractivity contribution is -0.0353. The van der Waals surface area contributed by atoms with Crippen LogP contribution >= 0.6 is 6.89 Å². The van der Waals surface area contributed by atoms with E-state index in [1.54, 1.807) is 17.8 Å². The molecule has 4 N–H and O–H groups in total. The fourth-order valence-electron chi connectivity index (χ4n) is 3.40. The Morgan fingerprint density at radius 3 is 2.73 bits per heavy atom. The zero-order valence-electron chi connectivity index (χ0n) is 18.0. The maximum absolute atomic E-state index is 10.6. The van der Waals surface area contributed by atoms with Crippen LogP contribution in [-0.2, 0) is 4.74 Å². The summed E-state index contributed by atoms with van der Waals surface area (Å²) < 4.78 is 7.69. The highest BCUT2D eigenvalue weighted by Gasteiger charge is 2.44. The first kappa shape index (κ1) is 22.9. The van der Waals surface area contributed by atoms with Crippen LogP contribution in [0.2, 0.25) is 0 Å². The number of aryl methyl sites for hydroxylation is 1. The Hall–Kier alpha value is -1.77. The van der Waals surface area contributed by atoms with Crippen LogP contribution in [0.15, 0.2) is 18.0 Å². The summed E-state index contributed by atoms with van der Waals surface area (Å²) in [6.45, 7) is 7.12. The third-order valence-electron chi connectivity index (χ3n) is 5.13. The molecule has 0 bridgehead atoms. The number of aliphatic hydroxyl groups excluding tert-OH is 3. The zero-order chi connectivity index (χ0) is 22.1. The first-order valence-electron chi connectivity index (χ1n) is 10.0. The summed E-state index contributed by atoms with van der Waals surface area (Å²) in [5.41, 5.74) is 1.93. The zero-order valence-corrected chi connectivity index (χ0v) is 18.9. The molecule has 0 radical (unpaired) electrons. The van der Waals surface area contributed by atoms with Crippen LogP contribution in [0.1, 0.15) is 25.4 Å². The third-order valence-corrected chi connectivity index (χ3v) is 6.60. The van der Waals surface area contributed by atoms with Gasteiger partial charge in [0, 0.05) is 6.54 Å². The van der Waals surface area contributed by atoms with Crippen molar-refractivity contribution in [3.63, 3.8) is 0 Å². The molecule has 2 aromatic rings. The maximum Gasteiger partial charge on any atom is 0.167 e. The second-order valence-electron chi connectivity index (χ2n) is 8.53. The van der Waals surface area contributed by atoms with Gasteiger partial charge < -0.3 is 25.4 Å². The summed E-state index contributed by atoms with van der Waals surface area (Å²) >= 11 is 0. The molecule has 2 aromatic heterocycles. The first-order chi connectivity index (χ1) is 14.1. The minimum Gasteiger partial charge on any atom is -0.392 e. The number of aliphatic hydroxyl groups is 3. The molecule has 0 spiro atoms. The summed E-state index contributed by atoms with van der Waals surface area (Å²) in [6.07, 6.45) is 5.84. The Bertz CT molecular complexity index is 970. The molecule has 0 amide bonds. The molecule has 1 aliphatic heterocycles. The monoisotopic (exact) mass is 437 g/mol. The van der Waals surface area contributed by atoms with Gasteiger partial charge in [-0.05, 0) is 39.8 Å². The molecule has 4 atom stereocenters. The molecule has 1 aliphatic rings. The number of hydrogen-bond acceptors (Lipinski definition) is 8. The van der Waals surface area contributed by atoms with Gasteiger partial charge in [0.15, 0.2) is 23.2 Å². The molecule has 1 saturated heterocycles. The summed E-state index contributed by atoms with van der Waals surface area (Å²) in [6, 6.07) is 0. The van der Waals surface area contributed by atoms with Crippen molar-refractivity contribution in [2.24, 2.45) is 0 Å². The Kier molecular flexibility index (Phi) is 6.99. The normalized spacial score (nSPS) is 25.2. The van der Waals surface area contributed by atoms with E-state index in [2.05, 4.69) is 39.9 Å². The highest BCUT2D eigenvalue weighted by Crippen LogP contribution is 2.40. The standard InChI is InChI=1S/C20H32N5O4P/c1-12(10-26)6-8-21-18-15-19(24-13(2)23-18)25(11-22-15)20-17(28)16(27)14(29-20)7-9-30(3,4)5/h6,11,14,16-17,20,26-28H,3,7-10H2,1-2,4-5H3,(H,21,23,24)/b12-6-/t14-,16-,17-,20?/m1/s1. The van der Waals surface area contributed by atoms with Crippen molar-refractivity contribution in [1.29, 1.82) is 0 Å². The van der Waals surface area contributed by atoms with Gasteiger partial charge in [-0.15, -0.1) is 13.2 Å². The van der Waals surface area contributed by atoms with Gasteiger partial charge in [0.25, 0.3) is 0 Å². The highest BCUT2D eigenvalue weighted by atomic mass is 31.2. The van der Waals surface area contributed by atoms with E-state index in [1.165, 1.54) is 0 Å². The van der Waals surface area contributed by atoms with Crippen molar-refractivity contribution in [2.75, 3.05) is 38.0 Å². The molecule has 0 aliphatic carbocycles. The smallest absolute Gasteiger partial charge is 0.167 e. The molecule has 9 nitrogen and oxygen atoms in total. The largest absolute Gasteiger partial charge is 0.392 e. The molecular weight excluding hydrogens is 405 g/mol. The van der Waals surface area contributed by atoms with Crippen molar-refractivity contribution in [2.45, 2.75) is 44.8 Å². The van der Waals surface area contributed by atoms with Gasteiger partial charge in [0.05, 0.1) is 19.0 Å². The lowest BCUT2D eigenvalue weighted by atomic mass is 10.1. The van der Waals surface area contributed by atoms with Gasteiger partial charge in [0.1, 0.15) is 18.0 Å².